The zero-order valence-electron chi connectivity index (χ0n) is 21.2. The lowest BCUT2D eigenvalue weighted by molar-refractivity contribution is 0.482. The minimum absolute atomic E-state index is 0.248. The fourth-order valence-electron chi connectivity index (χ4n) is 4.59. The Morgan fingerprint density at radius 1 is 0.744 bits per heavy atom. The van der Waals surface area contributed by atoms with Crippen molar-refractivity contribution in [1.82, 2.24) is 0 Å². The molecule has 0 unspecified atom stereocenters. The van der Waals surface area contributed by atoms with E-state index in [4.69, 9.17) is 11.6 Å². The largest absolute Gasteiger partial charge is 0.336 e. The summed E-state index contributed by atoms with van der Waals surface area (Å²) in [6, 6.07) is 35.3. The molecule has 4 aromatic carbocycles. The molecule has 1 aliphatic heterocycles. The van der Waals surface area contributed by atoms with E-state index in [9.17, 15) is 13.0 Å². The summed E-state index contributed by atoms with van der Waals surface area (Å²) in [6.45, 7) is 0.747. The Balaban J connectivity index is 1.57. The summed E-state index contributed by atoms with van der Waals surface area (Å²) in [7, 11) is -4.00. The monoisotopic (exact) mass is 593 g/mol. The molecule has 0 saturated carbocycles. The number of benzene rings is 4. The van der Waals surface area contributed by atoms with Crippen molar-refractivity contribution in [3.8, 4) is 0 Å². The molecule has 1 heterocycles. The van der Waals surface area contributed by atoms with Gasteiger partial charge in [0, 0.05) is 49.6 Å². The van der Waals surface area contributed by atoms with E-state index in [0.29, 0.717) is 17.2 Å². The van der Waals surface area contributed by atoms with E-state index in [1.54, 1.807) is 23.5 Å². The summed E-state index contributed by atoms with van der Waals surface area (Å²) in [5.41, 5.74) is 8.11. The van der Waals surface area contributed by atoms with Gasteiger partial charge in [-0.05, 0) is 47.6 Å². The van der Waals surface area contributed by atoms with Gasteiger partial charge in [0.25, 0.3) is 10.1 Å². The minimum Gasteiger partial charge on any atom is -0.336 e. The van der Waals surface area contributed by atoms with E-state index >= 15 is 0 Å². The van der Waals surface area contributed by atoms with Gasteiger partial charge in [-0.2, -0.15) is 8.42 Å². The molecule has 0 spiro atoms. The fraction of sp³-hybridized carbons (Fsp3) is 0.161. The van der Waals surface area contributed by atoms with Crippen molar-refractivity contribution in [2.45, 2.75) is 18.7 Å². The van der Waals surface area contributed by atoms with Crippen LogP contribution < -0.4 is 4.90 Å². The number of para-hydroxylation sites is 2. The topological polar surface area (TPSA) is 57.6 Å². The fourth-order valence-corrected chi connectivity index (χ4v) is 7.86. The van der Waals surface area contributed by atoms with Gasteiger partial charge in [0.05, 0.1) is 5.75 Å². The van der Waals surface area contributed by atoms with Gasteiger partial charge in [0.2, 0.25) is 0 Å². The normalized spacial score (nSPS) is 12.7. The van der Waals surface area contributed by atoms with Gasteiger partial charge in [0.15, 0.2) is 0 Å². The van der Waals surface area contributed by atoms with Crippen LogP contribution in [0.4, 0.5) is 11.4 Å². The molecule has 4 nitrogen and oxygen atoms in total. The first-order chi connectivity index (χ1) is 18.9. The summed E-state index contributed by atoms with van der Waals surface area (Å²) < 4.78 is 33.1. The second-order valence-corrected chi connectivity index (χ2v) is 13.5. The lowest BCUT2D eigenvalue weighted by atomic mass is 9.91. The number of hydrogen-bond donors (Lipinski definition) is 1. The van der Waals surface area contributed by atoms with Crippen LogP contribution in [0, 0.1) is 0 Å². The van der Waals surface area contributed by atoms with Crippen molar-refractivity contribution >= 4 is 62.2 Å². The molecule has 0 bridgehead atoms. The molecule has 0 aromatic heterocycles. The molecule has 0 atom stereocenters. The van der Waals surface area contributed by atoms with Crippen LogP contribution in [0.5, 0.6) is 0 Å². The maximum absolute atomic E-state index is 11.3. The predicted molar refractivity (Wildman–Crippen MR) is 167 cm³/mol. The van der Waals surface area contributed by atoms with Gasteiger partial charge in [-0.25, -0.2) is 0 Å². The number of rotatable bonds is 10. The van der Waals surface area contributed by atoms with Gasteiger partial charge in [-0.3, -0.25) is 4.55 Å². The van der Waals surface area contributed by atoms with Crippen LogP contribution in [0.2, 0.25) is 5.02 Å². The molecule has 39 heavy (non-hydrogen) atoms. The molecule has 8 heteroatoms. The molecule has 200 valence electrons. The molecule has 0 amide bonds. The van der Waals surface area contributed by atoms with Gasteiger partial charge in [0.1, 0.15) is 0 Å². The summed E-state index contributed by atoms with van der Waals surface area (Å²) in [5.74, 6) is 1.08. The SMILES string of the molecule is O=S(=O)(O)CCCSC(SCc1ccc(Cl)cc1)=C1c2ccccc2N(Cc2ccccc2)c2ccccc21. The second-order valence-electron chi connectivity index (χ2n) is 9.17. The first-order valence-corrected chi connectivity index (χ1v) is 16.5. The van der Waals surface area contributed by atoms with E-state index in [2.05, 4.69) is 77.7 Å². The third kappa shape index (κ3) is 7.10. The molecular weight excluding hydrogens is 566 g/mol. The van der Waals surface area contributed by atoms with Crippen LogP contribution >= 0.6 is 35.1 Å². The van der Waals surface area contributed by atoms with Crippen molar-refractivity contribution in [2.24, 2.45) is 0 Å². The number of fused-ring (bicyclic) bond motifs is 2. The van der Waals surface area contributed by atoms with Crippen LogP contribution in [0.3, 0.4) is 0 Å². The number of anilines is 2. The van der Waals surface area contributed by atoms with Gasteiger partial charge >= 0.3 is 0 Å². The Hall–Kier alpha value is -2.68. The lowest BCUT2D eigenvalue weighted by Crippen LogP contribution is -2.22. The molecular formula is C31H28ClNO3S3. The average molecular weight is 594 g/mol. The maximum Gasteiger partial charge on any atom is 0.264 e. The standard InChI is InChI=1S/C31H28ClNO3S3/c32-25-17-15-24(16-18-25)22-38-31(37-19-8-20-39(34,35)36)30-26-11-4-6-13-28(26)33(21-23-9-2-1-3-10-23)29-14-7-5-12-27(29)30/h1-7,9-18H,8,19-22H2,(H,34,35,36). The predicted octanol–water partition coefficient (Wildman–Crippen LogP) is 8.65. The van der Waals surface area contributed by atoms with Crippen molar-refractivity contribution in [3.63, 3.8) is 0 Å². The maximum atomic E-state index is 11.3. The van der Waals surface area contributed by atoms with Crippen LogP contribution in [0.15, 0.2) is 107 Å². The first-order valence-electron chi connectivity index (χ1n) is 12.6. The first kappa shape index (κ1) is 27.9. The second kappa shape index (κ2) is 12.7. The summed E-state index contributed by atoms with van der Waals surface area (Å²) in [5, 5.41) is 0.704. The Labute approximate surface area is 243 Å². The van der Waals surface area contributed by atoms with Crippen LogP contribution in [-0.2, 0) is 22.4 Å². The Morgan fingerprint density at radius 2 is 1.33 bits per heavy atom. The lowest BCUT2D eigenvalue weighted by Gasteiger charge is -2.35. The number of thioether (sulfide) groups is 2. The molecule has 0 radical (unpaired) electrons. The van der Waals surface area contributed by atoms with Gasteiger partial charge in [-0.1, -0.05) is 90.5 Å². The van der Waals surface area contributed by atoms with Gasteiger partial charge in [-0.15, -0.1) is 23.5 Å². The number of halogens is 1. The Bertz CT molecular complexity index is 1520. The molecule has 1 aliphatic rings. The highest BCUT2D eigenvalue weighted by Gasteiger charge is 2.28. The van der Waals surface area contributed by atoms with E-state index in [1.807, 2.05) is 30.3 Å². The third-order valence-corrected chi connectivity index (χ3v) is 10.0. The molecule has 0 aliphatic carbocycles. The van der Waals surface area contributed by atoms with E-state index in [-0.39, 0.29) is 5.75 Å². The molecule has 5 rings (SSSR count). The zero-order chi connectivity index (χ0) is 27.2. The van der Waals surface area contributed by atoms with Gasteiger partial charge < -0.3 is 4.90 Å². The van der Waals surface area contributed by atoms with Crippen molar-refractivity contribution < 1.29 is 13.0 Å². The smallest absolute Gasteiger partial charge is 0.264 e. The van der Waals surface area contributed by atoms with Crippen molar-refractivity contribution in [3.05, 3.63) is 135 Å². The van der Waals surface area contributed by atoms with E-state index < -0.39 is 10.1 Å². The zero-order valence-corrected chi connectivity index (χ0v) is 24.4. The van der Waals surface area contributed by atoms with Crippen LogP contribution in [0.25, 0.3) is 5.57 Å². The van der Waals surface area contributed by atoms with Crippen LogP contribution in [0.1, 0.15) is 28.7 Å². The summed E-state index contributed by atoms with van der Waals surface area (Å²) in [6.07, 6.45) is 0.366. The average Bonchev–Trinajstić information content (AvgIpc) is 2.94. The highest BCUT2D eigenvalue weighted by atomic mass is 35.5. The molecule has 4 aromatic rings. The third-order valence-electron chi connectivity index (χ3n) is 6.38. The summed E-state index contributed by atoms with van der Waals surface area (Å²) >= 11 is 9.50. The quantitative estimate of drug-likeness (QED) is 0.147. The Morgan fingerprint density at radius 3 is 1.95 bits per heavy atom. The number of hydrogen-bond acceptors (Lipinski definition) is 5. The van der Waals surface area contributed by atoms with Crippen molar-refractivity contribution in [1.29, 1.82) is 0 Å². The van der Waals surface area contributed by atoms with E-state index in [1.165, 1.54) is 5.56 Å². The Kier molecular flexibility index (Phi) is 9.05. The van der Waals surface area contributed by atoms with E-state index in [0.717, 1.165) is 50.2 Å². The van der Waals surface area contributed by atoms with Crippen molar-refractivity contribution in [2.75, 3.05) is 16.4 Å². The summed E-state index contributed by atoms with van der Waals surface area (Å²) in [4.78, 5) is 2.37. The minimum atomic E-state index is -4.00. The molecule has 0 saturated heterocycles. The highest BCUT2D eigenvalue weighted by molar-refractivity contribution is 8.22. The molecule has 0 fully saturated rings. The molecule has 1 N–H and O–H groups in total. The number of nitrogens with zero attached hydrogens (tertiary/aromatic N) is 1. The highest BCUT2D eigenvalue weighted by Crippen LogP contribution is 2.51. The van der Waals surface area contributed by atoms with Crippen LogP contribution in [-0.4, -0.2) is 24.5 Å².